The first kappa shape index (κ1) is 19.9. The highest BCUT2D eigenvalue weighted by Gasteiger charge is 2.30. The van der Waals surface area contributed by atoms with Gasteiger partial charge in [-0.25, -0.2) is 4.39 Å². The molecule has 2 rings (SSSR count). The molecule has 0 heterocycles. The Labute approximate surface area is 151 Å². The second-order valence-corrected chi connectivity index (χ2v) is 5.65. The van der Waals surface area contributed by atoms with Crippen LogP contribution in [0.1, 0.15) is 29.9 Å². The van der Waals surface area contributed by atoms with Gasteiger partial charge in [0.2, 0.25) is 0 Å². The lowest BCUT2D eigenvalue weighted by atomic mass is 9.82. The molecule has 0 spiro atoms. The van der Waals surface area contributed by atoms with E-state index in [1.807, 2.05) is 37.3 Å². The second kappa shape index (κ2) is 8.66. The molecule has 7 heteroatoms. The predicted octanol–water partition coefficient (Wildman–Crippen LogP) is 3.59. The molecule has 24 heavy (non-hydrogen) atoms. The van der Waals surface area contributed by atoms with Crippen LogP contribution in [-0.2, 0) is 4.79 Å². The molecule has 1 amide bonds. The molecule has 2 aromatic rings. The number of halogens is 3. The maximum atomic E-state index is 14.3. The monoisotopic (exact) mass is 369 g/mol. The molecule has 0 fully saturated rings. The van der Waals surface area contributed by atoms with E-state index in [0.29, 0.717) is 0 Å². The van der Waals surface area contributed by atoms with Crippen LogP contribution in [-0.4, -0.2) is 11.9 Å². The Balaban J connectivity index is 0.00000288. The van der Waals surface area contributed by atoms with Gasteiger partial charge in [-0.15, -0.1) is 12.4 Å². The molecule has 4 N–H and O–H groups in total. The Bertz CT molecular complexity index is 734. The van der Waals surface area contributed by atoms with Crippen molar-refractivity contribution < 1.29 is 9.18 Å². The van der Waals surface area contributed by atoms with E-state index in [0.717, 1.165) is 5.56 Å². The highest BCUT2D eigenvalue weighted by Crippen LogP contribution is 2.35. The van der Waals surface area contributed by atoms with Crippen LogP contribution in [0.15, 0.2) is 53.5 Å². The summed E-state index contributed by atoms with van der Waals surface area (Å²) >= 11 is 5.79. The number of nitrogens with zero attached hydrogens (tertiary/aromatic N) is 1. The van der Waals surface area contributed by atoms with Crippen molar-refractivity contribution >= 4 is 35.9 Å². The van der Waals surface area contributed by atoms with Crippen LogP contribution in [0, 0.1) is 5.82 Å². The fourth-order valence-corrected chi connectivity index (χ4v) is 2.67. The first-order valence-electron chi connectivity index (χ1n) is 7.03. The molecule has 0 saturated carbocycles. The maximum Gasteiger partial charge on any atom is 0.257 e. The third-order valence-electron chi connectivity index (χ3n) is 3.63. The van der Waals surface area contributed by atoms with Gasteiger partial charge in [-0.05, 0) is 23.6 Å². The first-order valence-corrected chi connectivity index (χ1v) is 7.41. The van der Waals surface area contributed by atoms with Crippen molar-refractivity contribution in [2.75, 3.05) is 0 Å². The van der Waals surface area contributed by atoms with Gasteiger partial charge in [0.1, 0.15) is 5.82 Å². The third kappa shape index (κ3) is 4.69. The van der Waals surface area contributed by atoms with Crippen LogP contribution >= 0.6 is 24.0 Å². The number of carbonyl (C=O) groups excluding carboxylic acids is 1. The fraction of sp³-hybridized carbons (Fsp3) is 0.176. The largest absolute Gasteiger partial charge is 0.370 e. The van der Waals surface area contributed by atoms with Gasteiger partial charge in [0.15, 0.2) is 5.96 Å². The number of hydrogen-bond donors (Lipinski definition) is 2. The fourth-order valence-electron chi connectivity index (χ4n) is 2.52. The summed E-state index contributed by atoms with van der Waals surface area (Å²) in [5.41, 5.74) is 11.7. The number of amides is 1. The van der Waals surface area contributed by atoms with Gasteiger partial charge in [-0.3, -0.25) is 4.79 Å². The summed E-state index contributed by atoms with van der Waals surface area (Å²) in [6.07, 6.45) is 0. The normalized spacial score (nSPS) is 12.6. The third-order valence-corrected chi connectivity index (χ3v) is 3.86. The average molecular weight is 370 g/mol. The lowest BCUT2D eigenvalue weighted by Gasteiger charge is -2.22. The SMILES string of the molecule is CC(c1ccccc1)C(C(=O)N=C(N)N)c1ccc(Cl)cc1F.Cl. The zero-order valence-corrected chi connectivity index (χ0v) is 14.5. The molecule has 2 atom stereocenters. The molecule has 0 aliphatic carbocycles. The minimum Gasteiger partial charge on any atom is -0.370 e. The van der Waals surface area contributed by atoms with Crippen molar-refractivity contribution in [1.29, 1.82) is 0 Å². The number of guanidine groups is 1. The topological polar surface area (TPSA) is 81.5 Å². The summed E-state index contributed by atoms with van der Waals surface area (Å²) in [7, 11) is 0. The maximum absolute atomic E-state index is 14.3. The lowest BCUT2D eigenvalue weighted by Crippen LogP contribution is -2.27. The molecule has 2 aromatic carbocycles. The molecule has 0 aliphatic heterocycles. The highest BCUT2D eigenvalue weighted by molar-refractivity contribution is 6.30. The van der Waals surface area contributed by atoms with E-state index in [1.165, 1.54) is 18.2 Å². The van der Waals surface area contributed by atoms with Crippen molar-refractivity contribution in [1.82, 2.24) is 0 Å². The van der Waals surface area contributed by atoms with E-state index in [2.05, 4.69) is 4.99 Å². The summed E-state index contributed by atoms with van der Waals surface area (Å²) in [5, 5.41) is 0.256. The molecular weight excluding hydrogens is 352 g/mol. The van der Waals surface area contributed by atoms with Crippen LogP contribution < -0.4 is 11.5 Å². The standard InChI is InChI=1S/C17H17ClFN3O.ClH/c1-10(11-5-3-2-4-6-11)15(16(23)22-17(20)21)13-8-7-12(18)9-14(13)19;/h2-10,15H,1H3,(H4,20,21,22,23);1H. The zero-order chi connectivity index (χ0) is 17.0. The Hall–Kier alpha value is -2.11. The number of aliphatic imine (C=N–C) groups is 1. The van der Waals surface area contributed by atoms with Gasteiger partial charge in [-0.1, -0.05) is 54.9 Å². The minimum atomic E-state index is -0.850. The van der Waals surface area contributed by atoms with Crippen LogP contribution in [0.2, 0.25) is 5.02 Å². The summed E-state index contributed by atoms with van der Waals surface area (Å²) < 4.78 is 14.3. The van der Waals surface area contributed by atoms with E-state index in [4.69, 9.17) is 23.1 Å². The summed E-state index contributed by atoms with van der Waals surface area (Å²) in [4.78, 5) is 16.1. The number of hydrogen-bond acceptors (Lipinski definition) is 1. The second-order valence-electron chi connectivity index (χ2n) is 5.22. The van der Waals surface area contributed by atoms with Crippen molar-refractivity contribution in [3.8, 4) is 0 Å². The van der Waals surface area contributed by atoms with Gasteiger partial charge in [0.05, 0.1) is 5.92 Å². The van der Waals surface area contributed by atoms with E-state index >= 15 is 0 Å². The van der Waals surface area contributed by atoms with E-state index < -0.39 is 17.6 Å². The minimum absolute atomic E-state index is 0. The molecule has 4 nitrogen and oxygen atoms in total. The van der Waals surface area contributed by atoms with Crippen LogP contribution in [0.5, 0.6) is 0 Å². The van der Waals surface area contributed by atoms with Crippen LogP contribution in [0.4, 0.5) is 4.39 Å². The number of rotatable bonds is 4. The Morgan fingerprint density at radius 3 is 2.33 bits per heavy atom. The van der Waals surface area contributed by atoms with Gasteiger partial charge in [0, 0.05) is 10.6 Å². The molecule has 0 aromatic heterocycles. The summed E-state index contributed by atoms with van der Waals surface area (Å²) in [6.45, 7) is 1.83. The Kier molecular flexibility index (Phi) is 7.19. The quantitative estimate of drug-likeness (QED) is 0.638. The van der Waals surface area contributed by atoms with Gasteiger partial charge in [0.25, 0.3) is 5.91 Å². The smallest absolute Gasteiger partial charge is 0.257 e. The van der Waals surface area contributed by atoms with E-state index in [1.54, 1.807) is 0 Å². The zero-order valence-electron chi connectivity index (χ0n) is 12.9. The van der Waals surface area contributed by atoms with Crippen molar-refractivity contribution in [3.63, 3.8) is 0 Å². The van der Waals surface area contributed by atoms with Gasteiger partial charge in [-0.2, -0.15) is 4.99 Å². The predicted molar refractivity (Wildman–Crippen MR) is 97.1 cm³/mol. The highest BCUT2D eigenvalue weighted by atomic mass is 35.5. The van der Waals surface area contributed by atoms with E-state index in [-0.39, 0.29) is 34.9 Å². The van der Waals surface area contributed by atoms with Crippen LogP contribution in [0.3, 0.4) is 0 Å². The number of carbonyl (C=O) groups is 1. The summed E-state index contributed by atoms with van der Waals surface area (Å²) in [5.74, 6) is -2.68. The Morgan fingerprint density at radius 2 is 1.79 bits per heavy atom. The van der Waals surface area contributed by atoms with Crippen molar-refractivity contribution in [2.45, 2.75) is 18.8 Å². The molecule has 0 saturated heterocycles. The molecule has 128 valence electrons. The van der Waals surface area contributed by atoms with E-state index in [9.17, 15) is 9.18 Å². The van der Waals surface area contributed by atoms with Crippen molar-refractivity contribution in [3.05, 3.63) is 70.5 Å². The number of benzene rings is 2. The summed E-state index contributed by atoms with van der Waals surface area (Å²) in [6, 6.07) is 13.5. The molecule has 0 aliphatic rings. The van der Waals surface area contributed by atoms with Crippen LogP contribution in [0.25, 0.3) is 0 Å². The van der Waals surface area contributed by atoms with Gasteiger partial charge < -0.3 is 11.5 Å². The molecule has 2 unspecified atom stereocenters. The average Bonchev–Trinajstić information content (AvgIpc) is 2.49. The molecular formula is C17H18Cl2FN3O. The molecule has 0 bridgehead atoms. The Morgan fingerprint density at radius 1 is 1.17 bits per heavy atom. The molecule has 0 radical (unpaired) electrons. The van der Waals surface area contributed by atoms with Gasteiger partial charge >= 0.3 is 0 Å². The number of nitrogens with two attached hydrogens (primary N) is 2. The van der Waals surface area contributed by atoms with Crippen molar-refractivity contribution in [2.24, 2.45) is 16.5 Å². The first-order chi connectivity index (χ1) is 10.9. The lowest BCUT2D eigenvalue weighted by molar-refractivity contribution is -0.119.